The van der Waals surface area contributed by atoms with Gasteiger partial charge in [-0.05, 0) is 42.1 Å². The lowest BCUT2D eigenvalue weighted by atomic mass is 10.1. The van der Waals surface area contributed by atoms with E-state index in [9.17, 15) is 0 Å². The molecule has 100 valence electrons. The molecule has 4 nitrogen and oxygen atoms in total. The van der Waals surface area contributed by atoms with Gasteiger partial charge in [-0.15, -0.1) is 11.3 Å². The number of amidine groups is 1. The fraction of sp³-hybridized carbons (Fsp3) is 0.214. The van der Waals surface area contributed by atoms with Gasteiger partial charge in [-0.25, -0.2) is 0 Å². The van der Waals surface area contributed by atoms with Crippen LogP contribution in [0.4, 0.5) is 5.69 Å². The minimum Gasteiger partial charge on any atom is -0.409 e. The van der Waals surface area contributed by atoms with Crippen molar-refractivity contribution in [3.63, 3.8) is 0 Å². The zero-order valence-electron chi connectivity index (χ0n) is 11.0. The van der Waals surface area contributed by atoms with E-state index in [2.05, 4.69) is 34.6 Å². The summed E-state index contributed by atoms with van der Waals surface area (Å²) >= 11 is 1.75. The SMILES string of the molecule is Cc1cc(N(C)Cc2cccs2)ccc1/C(N)=N/O. The van der Waals surface area contributed by atoms with Crippen LogP contribution in [0.3, 0.4) is 0 Å². The van der Waals surface area contributed by atoms with Crippen molar-refractivity contribution in [1.29, 1.82) is 0 Å². The molecule has 0 saturated carbocycles. The highest BCUT2D eigenvalue weighted by Crippen LogP contribution is 2.21. The van der Waals surface area contributed by atoms with E-state index in [-0.39, 0.29) is 5.84 Å². The molecule has 1 aromatic carbocycles. The van der Waals surface area contributed by atoms with Gasteiger partial charge in [0, 0.05) is 23.2 Å². The lowest BCUT2D eigenvalue weighted by molar-refractivity contribution is 0.318. The normalized spacial score (nSPS) is 11.6. The molecule has 1 heterocycles. The average Bonchev–Trinajstić information content (AvgIpc) is 2.90. The number of anilines is 1. The van der Waals surface area contributed by atoms with Crippen molar-refractivity contribution in [2.75, 3.05) is 11.9 Å². The van der Waals surface area contributed by atoms with Crippen LogP contribution in [0.15, 0.2) is 40.9 Å². The maximum Gasteiger partial charge on any atom is 0.170 e. The average molecular weight is 275 g/mol. The molecular formula is C14H17N3OS. The molecule has 0 radical (unpaired) electrons. The van der Waals surface area contributed by atoms with E-state index in [4.69, 9.17) is 10.9 Å². The highest BCUT2D eigenvalue weighted by Gasteiger charge is 2.08. The first-order valence-corrected chi connectivity index (χ1v) is 6.82. The van der Waals surface area contributed by atoms with Crippen LogP contribution in [0.25, 0.3) is 0 Å². The number of hydrogen-bond acceptors (Lipinski definition) is 4. The Bertz CT molecular complexity index is 578. The van der Waals surface area contributed by atoms with E-state index < -0.39 is 0 Å². The summed E-state index contributed by atoms with van der Waals surface area (Å²) in [5.41, 5.74) is 8.48. The fourth-order valence-electron chi connectivity index (χ4n) is 1.95. The Kier molecular flexibility index (Phi) is 4.06. The highest BCUT2D eigenvalue weighted by atomic mass is 32.1. The summed E-state index contributed by atoms with van der Waals surface area (Å²) in [6, 6.07) is 10.1. The van der Waals surface area contributed by atoms with Gasteiger partial charge in [-0.2, -0.15) is 0 Å². The zero-order chi connectivity index (χ0) is 13.8. The largest absolute Gasteiger partial charge is 0.409 e. The Hall–Kier alpha value is -2.01. The number of thiophene rings is 1. The van der Waals surface area contributed by atoms with Gasteiger partial charge in [0.2, 0.25) is 0 Å². The predicted octanol–water partition coefficient (Wildman–Crippen LogP) is 2.79. The van der Waals surface area contributed by atoms with Crippen LogP contribution in [0.5, 0.6) is 0 Å². The monoisotopic (exact) mass is 275 g/mol. The standard InChI is InChI=1S/C14H17N3OS/c1-10-8-11(5-6-13(10)14(15)16-18)17(2)9-12-4-3-7-19-12/h3-8,18H,9H2,1-2H3,(H2,15,16). The number of rotatable bonds is 4. The second-order valence-corrected chi connectivity index (χ2v) is 5.45. The highest BCUT2D eigenvalue weighted by molar-refractivity contribution is 7.09. The summed E-state index contributed by atoms with van der Waals surface area (Å²) in [6.45, 7) is 2.83. The van der Waals surface area contributed by atoms with Crippen LogP contribution < -0.4 is 10.6 Å². The molecule has 0 aliphatic carbocycles. The molecule has 0 amide bonds. The quantitative estimate of drug-likeness (QED) is 0.390. The van der Waals surface area contributed by atoms with Crippen LogP contribution in [0.1, 0.15) is 16.0 Å². The minimum absolute atomic E-state index is 0.143. The number of nitrogens with zero attached hydrogens (tertiary/aromatic N) is 2. The second kappa shape index (κ2) is 5.75. The molecule has 0 fully saturated rings. The molecule has 0 unspecified atom stereocenters. The first-order chi connectivity index (χ1) is 9.11. The Morgan fingerprint density at radius 3 is 2.79 bits per heavy atom. The van der Waals surface area contributed by atoms with E-state index in [0.717, 1.165) is 23.4 Å². The molecule has 0 spiro atoms. The van der Waals surface area contributed by atoms with Crippen LogP contribution in [0.2, 0.25) is 0 Å². The number of hydrogen-bond donors (Lipinski definition) is 2. The van der Waals surface area contributed by atoms with Crippen molar-refractivity contribution >= 4 is 22.9 Å². The molecule has 5 heteroatoms. The Morgan fingerprint density at radius 1 is 1.42 bits per heavy atom. The van der Waals surface area contributed by atoms with E-state index in [0.29, 0.717) is 0 Å². The molecule has 0 bridgehead atoms. The topological polar surface area (TPSA) is 61.8 Å². The van der Waals surface area contributed by atoms with Crippen LogP contribution in [-0.4, -0.2) is 18.1 Å². The predicted molar refractivity (Wildman–Crippen MR) is 80.1 cm³/mol. The van der Waals surface area contributed by atoms with E-state index in [1.165, 1.54) is 4.88 Å². The van der Waals surface area contributed by atoms with Gasteiger partial charge in [0.1, 0.15) is 0 Å². The van der Waals surface area contributed by atoms with Crippen LogP contribution in [0, 0.1) is 6.92 Å². The molecule has 0 aliphatic rings. The first-order valence-electron chi connectivity index (χ1n) is 5.94. The Morgan fingerprint density at radius 2 is 2.21 bits per heavy atom. The smallest absolute Gasteiger partial charge is 0.170 e. The van der Waals surface area contributed by atoms with Crippen molar-refractivity contribution in [2.24, 2.45) is 10.9 Å². The summed E-state index contributed by atoms with van der Waals surface area (Å²) in [7, 11) is 2.05. The lowest BCUT2D eigenvalue weighted by Crippen LogP contribution is -2.18. The van der Waals surface area contributed by atoms with Gasteiger partial charge in [-0.3, -0.25) is 0 Å². The summed E-state index contributed by atoms with van der Waals surface area (Å²) in [5.74, 6) is 0.143. The molecule has 0 atom stereocenters. The van der Waals surface area contributed by atoms with Gasteiger partial charge in [0.25, 0.3) is 0 Å². The molecule has 1 aromatic heterocycles. The van der Waals surface area contributed by atoms with Gasteiger partial charge >= 0.3 is 0 Å². The molecular weight excluding hydrogens is 258 g/mol. The third-order valence-corrected chi connectivity index (χ3v) is 3.87. The second-order valence-electron chi connectivity index (χ2n) is 4.42. The minimum atomic E-state index is 0.143. The Labute approximate surface area is 116 Å². The van der Waals surface area contributed by atoms with Crippen molar-refractivity contribution in [1.82, 2.24) is 0 Å². The summed E-state index contributed by atoms with van der Waals surface area (Å²) < 4.78 is 0. The summed E-state index contributed by atoms with van der Waals surface area (Å²) in [5, 5.41) is 13.8. The van der Waals surface area contributed by atoms with E-state index in [1.807, 2.05) is 25.1 Å². The number of aryl methyl sites for hydroxylation is 1. The van der Waals surface area contributed by atoms with Crippen molar-refractivity contribution in [2.45, 2.75) is 13.5 Å². The van der Waals surface area contributed by atoms with E-state index >= 15 is 0 Å². The zero-order valence-corrected chi connectivity index (χ0v) is 11.8. The number of benzene rings is 1. The summed E-state index contributed by atoms with van der Waals surface area (Å²) in [4.78, 5) is 3.50. The molecule has 3 N–H and O–H groups in total. The van der Waals surface area contributed by atoms with Crippen molar-refractivity contribution in [3.05, 3.63) is 51.7 Å². The third-order valence-electron chi connectivity index (χ3n) is 3.01. The third kappa shape index (κ3) is 3.06. The molecule has 0 saturated heterocycles. The fourth-order valence-corrected chi connectivity index (χ4v) is 2.71. The first kappa shape index (κ1) is 13.4. The van der Waals surface area contributed by atoms with E-state index in [1.54, 1.807) is 11.3 Å². The Balaban J connectivity index is 2.19. The van der Waals surface area contributed by atoms with Crippen molar-refractivity contribution in [3.8, 4) is 0 Å². The summed E-state index contributed by atoms with van der Waals surface area (Å²) in [6.07, 6.45) is 0. The molecule has 0 aliphatic heterocycles. The molecule has 2 rings (SSSR count). The van der Waals surface area contributed by atoms with Gasteiger partial charge in [0.05, 0.1) is 6.54 Å². The van der Waals surface area contributed by atoms with Crippen LogP contribution in [-0.2, 0) is 6.54 Å². The van der Waals surface area contributed by atoms with Gasteiger partial charge in [-0.1, -0.05) is 11.2 Å². The number of oxime groups is 1. The molecule has 19 heavy (non-hydrogen) atoms. The number of nitrogens with two attached hydrogens (primary N) is 1. The van der Waals surface area contributed by atoms with Gasteiger partial charge < -0.3 is 15.8 Å². The maximum atomic E-state index is 8.72. The van der Waals surface area contributed by atoms with Crippen molar-refractivity contribution < 1.29 is 5.21 Å². The maximum absolute atomic E-state index is 8.72. The van der Waals surface area contributed by atoms with Crippen LogP contribution >= 0.6 is 11.3 Å². The molecule has 2 aromatic rings. The van der Waals surface area contributed by atoms with Gasteiger partial charge in [0.15, 0.2) is 5.84 Å². The lowest BCUT2D eigenvalue weighted by Gasteiger charge is -2.19.